The number of nitrogens with zero attached hydrogens (tertiary/aromatic N) is 5. The number of benzene rings is 1. The van der Waals surface area contributed by atoms with Gasteiger partial charge in [-0.1, -0.05) is 0 Å². The van der Waals surface area contributed by atoms with Crippen molar-refractivity contribution in [3.05, 3.63) is 42.7 Å². The first-order valence-corrected chi connectivity index (χ1v) is 10.8. The van der Waals surface area contributed by atoms with Gasteiger partial charge in [0.2, 0.25) is 0 Å². The van der Waals surface area contributed by atoms with Gasteiger partial charge < -0.3 is 9.64 Å². The Kier molecular flexibility index (Phi) is 5.38. The van der Waals surface area contributed by atoms with Crippen molar-refractivity contribution in [1.29, 1.82) is 0 Å². The summed E-state index contributed by atoms with van der Waals surface area (Å²) in [5, 5.41) is 11.3. The Labute approximate surface area is 185 Å². The van der Waals surface area contributed by atoms with Gasteiger partial charge in [-0.15, -0.1) is 10.2 Å². The molecule has 6 nitrogen and oxygen atoms in total. The third kappa shape index (κ3) is 3.97. The summed E-state index contributed by atoms with van der Waals surface area (Å²) in [5.74, 6) is 1.68. The van der Waals surface area contributed by atoms with Gasteiger partial charge in [0.25, 0.3) is 0 Å². The number of ether oxygens (including phenoxy) is 1. The van der Waals surface area contributed by atoms with Gasteiger partial charge in [-0.2, -0.15) is 0 Å². The average Bonchev–Trinajstić information content (AvgIpc) is 2.75. The van der Waals surface area contributed by atoms with Crippen molar-refractivity contribution in [2.45, 2.75) is 57.7 Å². The van der Waals surface area contributed by atoms with Crippen LogP contribution in [0.15, 0.2) is 42.7 Å². The van der Waals surface area contributed by atoms with Crippen LogP contribution in [-0.2, 0) is 0 Å². The minimum absolute atomic E-state index is 0.126. The fourth-order valence-corrected chi connectivity index (χ4v) is 4.92. The van der Waals surface area contributed by atoms with E-state index >= 15 is 0 Å². The van der Waals surface area contributed by atoms with Gasteiger partial charge in [0.1, 0.15) is 5.75 Å². The van der Waals surface area contributed by atoms with Crippen LogP contribution in [0.1, 0.15) is 40.5 Å². The third-order valence-corrected chi connectivity index (χ3v) is 7.08. The maximum absolute atomic E-state index is 5.63. The average molecular weight is 420 g/mol. The predicted molar refractivity (Wildman–Crippen MR) is 127 cm³/mol. The second-order valence-electron chi connectivity index (χ2n) is 9.91. The minimum Gasteiger partial charge on any atom is -0.496 e. The molecule has 0 amide bonds. The summed E-state index contributed by atoms with van der Waals surface area (Å²) in [6.07, 6.45) is 5.81. The largest absolute Gasteiger partial charge is 0.496 e. The molecule has 1 fully saturated rings. The highest BCUT2D eigenvalue weighted by atomic mass is 16.5. The molecule has 0 aliphatic carbocycles. The zero-order valence-corrected chi connectivity index (χ0v) is 19.7. The third-order valence-electron chi connectivity index (χ3n) is 7.08. The molecule has 2 aromatic heterocycles. The SMILES string of the molecule is COc1cc2ccncc2cc1-c1ccc(N(C)C2CC(C)(C)N(C)C(C)(C)C2)nn1. The number of fused-ring (bicyclic) bond motifs is 1. The van der Waals surface area contributed by atoms with E-state index in [1.54, 1.807) is 13.3 Å². The molecule has 164 valence electrons. The van der Waals surface area contributed by atoms with Gasteiger partial charge in [0, 0.05) is 47.5 Å². The summed E-state index contributed by atoms with van der Waals surface area (Å²) < 4.78 is 5.63. The maximum Gasteiger partial charge on any atom is 0.151 e. The first kappa shape index (κ1) is 21.5. The Morgan fingerprint density at radius 2 is 1.71 bits per heavy atom. The minimum atomic E-state index is 0.126. The Hall–Kier alpha value is -2.73. The van der Waals surface area contributed by atoms with Crippen LogP contribution in [0.3, 0.4) is 0 Å². The highest BCUT2D eigenvalue weighted by molar-refractivity contribution is 5.89. The van der Waals surface area contributed by atoms with E-state index in [-0.39, 0.29) is 11.1 Å². The Morgan fingerprint density at radius 1 is 1.00 bits per heavy atom. The Morgan fingerprint density at radius 3 is 2.32 bits per heavy atom. The highest BCUT2D eigenvalue weighted by Crippen LogP contribution is 2.39. The number of methoxy groups -OCH3 is 1. The molecule has 0 N–H and O–H groups in total. The zero-order valence-electron chi connectivity index (χ0n) is 19.7. The number of aromatic nitrogens is 3. The van der Waals surface area contributed by atoms with Crippen molar-refractivity contribution in [1.82, 2.24) is 20.1 Å². The summed E-state index contributed by atoms with van der Waals surface area (Å²) in [7, 11) is 6.05. The lowest BCUT2D eigenvalue weighted by Crippen LogP contribution is -2.62. The first-order valence-electron chi connectivity index (χ1n) is 10.8. The van der Waals surface area contributed by atoms with E-state index in [9.17, 15) is 0 Å². The molecule has 1 aliphatic rings. The van der Waals surface area contributed by atoms with E-state index in [0.29, 0.717) is 6.04 Å². The molecular formula is C25H33N5O. The topological polar surface area (TPSA) is 54.4 Å². The molecule has 6 heteroatoms. The molecule has 1 aromatic carbocycles. The van der Waals surface area contributed by atoms with Crippen LogP contribution in [0.25, 0.3) is 22.0 Å². The lowest BCUT2D eigenvalue weighted by Gasteiger charge is -2.55. The van der Waals surface area contributed by atoms with E-state index in [1.165, 1.54) is 0 Å². The molecular weight excluding hydrogens is 386 g/mol. The zero-order chi connectivity index (χ0) is 22.4. The monoisotopic (exact) mass is 419 g/mol. The molecule has 0 saturated carbocycles. The number of rotatable bonds is 4. The number of anilines is 1. The van der Waals surface area contributed by atoms with Crippen molar-refractivity contribution >= 4 is 16.6 Å². The number of hydrogen-bond donors (Lipinski definition) is 0. The molecule has 0 radical (unpaired) electrons. The van der Waals surface area contributed by atoms with Crippen molar-refractivity contribution in [3.63, 3.8) is 0 Å². The summed E-state index contributed by atoms with van der Waals surface area (Å²) in [4.78, 5) is 9.02. The Bertz CT molecular complexity index is 1060. The standard InChI is InChI=1S/C25H33N5O/c1-24(2)14-19(15-25(3,4)30(24)6)29(5)23-9-8-21(27-28-23)20-12-18-16-26-11-10-17(18)13-22(20)31-7/h8-13,16,19H,14-15H2,1-7H3. The predicted octanol–water partition coefficient (Wildman–Crippen LogP) is 4.79. The van der Waals surface area contributed by atoms with E-state index in [1.807, 2.05) is 24.4 Å². The van der Waals surface area contributed by atoms with Crippen LogP contribution >= 0.6 is 0 Å². The van der Waals surface area contributed by atoms with Gasteiger partial charge in [-0.05, 0) is 83.3 Å². The summed E-state index contributed by atoms with van der Waals surface area (Å²) in [6, 6.07) is 10.6. The molecule has 3 heterocycles. The van der Waals surface area contributed by atoms with Crippen LogP contribution in [0, 0.1) is 0 Å². The summed E-state index contributed by atoms with van der Waals surface area (Å²) in [6.45, 7) is 9.30. The molecule has 0 bridgehead atoms. The highest BCUT2D eigenvalue weighted by Gasteiger charge is 2.44. The Balaban J connectivity index is 1.62. The number of pyridine rings is 1. The molecule has 3 aromatic rings. The van der Waals surface area contributed by atoms with Crippen molar-refractivity contribution < 1.29 is 4.74 Å². The molecule has 4 rings (SSSR count). The van der Waals surface area contributed by atoms with Crippen LogP contribution < -0.4 is 9.64 Å². The number of hydrogen-bond acceptors (Lipinski definition) is 6. The van der Waals surface area contributed by atoms with E-state index in [2.05, 4.69) is 78.9 Å². The summed E-state index contributed by atoms with van der Waals surface area (Å²) in [5.41, 5.74) is 1.97. The van der Waals surface area contributed by atoms with Crippen LogP contribution in [0.5, 0.6) is 5.75 Å². The van der Waals surface area contributed by atoms with Gasteiger partial charge in [-0.25, -0.2) is 0 Å². The van der Waals surface area contributed by atoms with Gasteiger partial charge >= 0.3 is 0 Å². The number of piperidine rings is 1. The molecule has 31 heavy (non-hydrogen) atoms. The van der Waals surface area contributed by atoms with Crippen molar-refractivity contribution in [2.24, 2.45) is 0 Å². The molecule has 0 unspecified atom stereocenters. The second kappa shape index (κ2) is 7.75. The smallest absolute Gasteiger partial charge is 0.151 e. The molecule has 0 spiro atoms. The van der Waals surface area contributed by atoms with E-state index < -0.39 is 0 Å². The lowest BCUT2D eigenvalue weighted by molar-refractivity contribution is -0.0120. The van der Waals surface area contributed by atoms with Gasteiger partial charge in [0.15, 0.2) is 5.82 Å². The van der Waals surface area contributed by atoms with Crippen LogP contribution in [0.4, 0.5) is 5.82 Å². The molecule has 1 saturated heterocycles. The van der Waals surface area contributed by atoms with Crippen LogP contribution in [0.2, 0.25) is 0 Å². The quantitative estimate of drug-likeness (QED) is 0.606. The number of likely N-dealkylation sites (tertiary alicyclic amines) is 1. The maximum atomic E-state index is 5.63. The fraction of sp³-hybridized carbons (Fsp3) is 0.480. The van der Waals surface area contributed by atoms with E-state index in [4.69, 9.17) is 4.74 Å². The first-order chi connectivity index (χ1) is 14.6. The van der Waals surface area contributed by atoms with Gasteiger partial charge in [0.05, 0.1) is 12.8 Å². The fourth-order valence-electron chi connectivity index (χ4n) is 4.92. The van der Waals surface area contributed by atoms with Crippen molar-refractivity contribution in [3.8, 4) is 17.0 Å². The molecule has 1 aliphatic heterocycles. The van der Waals surface area contributed by atoms with Gasteiger partial charge in [-0.3, -0.25) is 9.88 Å². The van der Waals surface area contributed by atoms with Crippen LogP contribution in [-0.4, -0.2) is 58.4 Å². The summed E-state index contributed by atoms with van der Waals surface area (Å²) >= 11 is 0. The second-order valence-corrected chi connectivity index (χ2v) is 9.91. The van der Waals surface area contributed by atoms with Crippen molar-refractivity contribution in [2.75, 3.05) is 26.1 Å². The molecule has 0 atom stereocenters. The van der Waals surface area contributed by atoms with E-state index in [0.717, 1.165) is 46.4 Å². The lowest BCUT2D eigenvalue weighted by atomic mass is 9.77. The normalized spacial score (nSPS) is 18.8.